The Morgan fingerprint density at radius 1 is 0.875 bits per heavy atom. The second kappa shape index (κ2) is 12.6. The van der Waals surface area contributed by atoms with Gasteiger partial charge in [-0.2, -0.15) is 0 Å². The maximum Gasteiger partial charge on any atom is 0.239 e. The average Bonchev–Trinajstić information content (AvgIpc) is 2.55. The van der Waals surface area contributed by atoms with E-state index in [2.05, 4.69) is 10.6 Å². The fraction of sp³-hybridized carbons (Fsp3) is 0.714. The molecule has 0 rings (SSSR count). The molecule has 2 N–H and O–H groups in total. The highest BCUT2D eigenvalue weighted by atomic mass is 16.2. The van der Waals surface area contributed by atoms with E-state index >= 15 is 0 Å². The van der Waals surface area contributed by atoms with Gasteiger partial charge < -0.3 is 20.4 Å². The summed E-state index contributed by atoms with van der Waals surface area (Å²) in [5, 5.41) is 5.64. The lowest BCUT2D eigenvalue weighted by Crippen LogP contribution is -2.45. The standard InChI is InChI=1S/C14H28B2N4O4/c1-11(21)9-19(13(23)7-15)6-4-18-12(22)10-20(5-3-17-2)14(24)8-16/h17H,3-10,15-16H2,1-2H3,(H,18,22). The number of nitrogens with one attached hydrogen (secondary N) is 2. The van der Waals surface area contributed by atoms with Crippen molar-refractivity contribution in [1.82, 2.24) is 20.4 Å². The van der Waals surface area contributed by atoms with Crippen LogP contribution in [-0.2, 0) is 19.2 Å². The molecule has 0 fully saturated rings. The molecule has 0 atom stereocenters. The number of hydrogen-bond acceptors (Lipinski definition) is 5. The van der Waals surface area contributed by atoms with E-state index in [1.54, 1.807) is 22.7 Å². The highest BCUT2D eigenvalue weighted by molar-refractivity contribution is 6.20. The van der Waals surface area contributed by atoms with Gasteiger partial charge in [0.05, 0.1) is 13.1 Å². The molecule has 3 amide bonds. The van der Waals surface area contributed by atoms with Gasteiger partial charge in [-0.25, -0.2) is 0 Å². The van der Waals surface area contributed by atoms with Crippen molar-refractivity contribution in [2.24, 2.45) is 0 Å². The second-order valence-corrected chi connectivity index (χ2v) is 5.49. The molecule has 0 saturated carbocycles. The van der Waals surface area contributed by atoms with Gasteiger partial charge in [0.2, 0.25) is 17.7 Å². The molecule has 0 unspecified atom stereocenters. The van der Waals surface area contributed by atoms with E-state index in [0.29, 0.717) is 25.7 Å². The molecule has 10 heteroatoms. The number of rotatable bonds is 12. The first-order valence-corrected chi connectivity index (χ1v) is 8.31. The lowest BCUT2D eigenvalue weighted by atomic mass is 10.0. The maximum atomic E-state index is 12.0. The topological polar surface area (TPSA) is 98.8 Å². The van der Waals surface area contributed by atoms with Crippen molar-refractivity contribution in [2.75, 3.05) is 46.3 Å². The summed E-state index contributed by atoms with van der Waals surface area (Å²) in [6, 6.07) is 0. The smallest absolute Gasteiger partial charge is 0.239 e. The molecule has 0 saturated heterocycles. The molecule has 0 aromatic carbocycles. The minimum absolute atomic E-state index is 0.0111. The third kappa shape index (κ3) is 9.34. The first-order valence-electron chi connectivity index (χ1n) is 8.31. The van der Waals surface area contributed by atoms with Crippen LogP contribution in [0.2, 0.25) is 12.6 Å². The fourth-order valence-electron chi connectivity index (χ4n) is 2.11. The number of nitrogens with zero attached hydrogens (tertiary/aromatic N) is 2. The summed E-state index contributed by atoms with van der Waals surface area (Å²) in [5.74, 6) is -0.592. The number of carbonyl (C=O) groups excluding carboxylic acids is 4. The Kier molecular flexibility index (Phi) is 11.6. The predicted molar refractivity (Wildman–Crippen MR) is 97.5 cm³/mol. The Morgan fingerprint density at radius 2 is 1.38 bits per heavy atom. The number of carbonyl (C=O) groups is 4. The first kappa shape index (κ1) is 22.2. The van der Waals surface area contributed by atoms with Crippen LogP contribution in [0.5, 0.6) is 0 Å². The van der Waals surface area contributed by atoms with Crippen LogP contribution >= 0.6 is 0 Å². The maximum absolute atomic E-state index is 12.0. The van der Waals surface area contributed by atoms with Crippen molar-refractivity contribution in [1.29, 1.82) is 0 Å². The van der Waals surface area contributed by atoms with Crippen LogP contribution in [0.3, 0.4) is 0 Å². The van der Waals surface area contributed by atoms with Crippen molar-refractivity contribution >= 4 is 39.2 Å². The summed E-state index contributed by atoms with van der Waals surface area (Å²) in [7, 11) is 5.26. The zero-order valence-electron chi connectivity index (χ0n) is 15.2. The second-order valence-electron chi connectivity index (χ2n) is 5.49. The van der Waals surface area contributed by atoms with E-state index in [4.69, 9.17) is 0 Å². The monoisotopic (exact) mass is 338 g/mol. The fourth-order valence-corrected chi connectivity index (χ4v) is 2.11. The lowest BCUT2D eigenvalue weighted by Gasteiger charge is -2.23. The van der Waals surface area contributed by atoms with Crippen LogP contribution in [0.15, 0.2) is 0 Å². The zero-order chi connectivity index (χ0) is 18.5. The third-order valence-electron chi connectivity index (χ3n) is 3.39. The predicted octanol–water partition coefficient (Wildman–Crippen LogP) is -3.33. The van der Waals surface area contributed by atoms with Crippen LogP contribution in [0.1, 0.15) is 6.92 Å². The summed E-state index contributed by atoms with van der Waals surface area (Å²) in [5.41, 5.74) is 0. The van der Waals surface area contributed by atoms with E-state index < -0.39 is 0 Å². The molecule has 0 heterocycles. The van der Waals surface area contributed by atoms with E-state index in [1.807, 2.05) is 0 Å². The van der Waals surface area contributed by atoms with Crippen molar-refractivity contribution in [3.05, 3.63) is 0 Å². The number of amides is 3. The van der Waals surface area contributed by atoms with Gasteiger partial charge in [0.25, 0.3) is 0 Å². The number of hydrogen-bond donors (Lipinski definition) is 2. The molecule has 0 aromatic heterocycles. The Hall–Kier alpha value is -1.83. The van der Waals surface area contributed by atoms with E-state index in [-0.39, 0.29) is 49.7 Å². The molecule has 0 aromatic rings. The molecular formula is C14H28B2N4O4. The van der Waals surface area contributed by atoms with Crippen molar-refractivity contribution < 1.29 is 19.2 Å². The molecule has 0 aliphatic rings. The molecule has 0 aliphatic carbocycles. The van der Waals surface area contributed by atoms with Crippen molar-refractivity contribution in [2.45, 2.75) is 19.6 Å². The summed E-state index contributed by atoms with van der Waals surface area (Å²) < 4.78 is 0. The molecule has 0 radical (unpaired) electrons. The van der Waals surface area contributed by atoms with Gasteiger partial charge in [-0.15, -0.1) is 0 Å². The van der Waals surface area contributed by atoms with Crippen LogP contribution in [0, 0.1) is 0 Å². The summed E-state index contributed by atoms with van der Waals surface area (Å²) >= 11 is 0. The number of ketones is 1. The Morgan fingerprint density at radius 3 is 1.83 bits per heavy atom. The van der Waals surface area contributed by atoms with Gasteiger partial charge in [-0.3, -0.25) is 19.2 Å². The van der Waals surface area contributed by atoms with Crippen molar-refractivity contribution in [3.8, 4) is 0 Å². The molecule has 8 nitrogen and oxygen atoms in total. The van der Waals surface area contributed by atoms with E-state index in [1.165, 1.54) is 16.7 Å². The molecule has 24 heavy (non-hydrogen) atoms. The van der Waals surface area contributed by atoms with Gasteiger partial charge in [0, 0.05) is 26.2 Å². The first-order chi connectivity index (χ1) is 11.3. The largest absolute Gasteiger partial charge is 0.353 e. The number of Topliss-reactive ketones (excluding diaryl/α,β-unsaturated/α-hetero) is 1. The highest BCUT2D eigenvalue weighted by Crippen LogP contribution is 1.95. The van der Waals surface area contributed by atoms with Crippen molar-refractivity contribution in [3.63, 3.8) is 0 Å². The summed E-state index contributed by atoms with van der Waals surface area (Å²) in [6.07, 6.45) is 0.651. The zero-order valence-corrected chi connectivity index (χ0v) is 15.2. The number of likely N-dealkylation sites (N-methyl/N-ethyl adjacent to an activating group) is 1. The Bertz CT molecular complexity index is 448. The Balaban J connectivity index is 4.40. The van der Waals surface area contributed by atoms with Gasteiger partial charge in [0.1, 0.15) is 21.5 Å². The third-order valence-corrected chi connectivity index (χ3v) is 3.39. The summed E-state index contributed by atoms with van der Waals surface area (Å²) in [4.78, 5) is 49.7. The van der Waals surface area contributed by atoms with E-state index in [9.17, 15) is 19.2 Å². The van der Waals surface area contributed by atoms with Gasteiger partial charge >= 0.3 is 0 Å². The molecule has 0 spiro atoms. The van der Waals surface area contributed by atoms with Gasteiger partial charge in [-0.1, -0.05) is 0 Å². The molecule has 0 bridgehead atoms. The van der Waals surface area contributed by atoms with Crippen LogP contribution in [0.4, 0.5) is 0 Å². The minimum Gasteiger partial charge on any atom is -0.353 e. The average molecular weight is 338 g/mol. The highest BCUT2D eigenvalue weighted by Gasteiger charge is 2.16. The molecular weight excluding hydrogens is 310 g/mol. The van der Waals surface area contributed by atoms with Gasteiger partial charge in [0.15, 0.2) is 0 Å². The molecule has 0 aliphatic heterocycles. The van der Waals surface area contributed by atoms with Crippen LogP contribution in [0.25, 0.3) is 0 Å². The Labute approximate surface area is 145 Å². The van der Waals surface area contributed by atoms with Crippen LogP contribution in [-0.4, -0.2) is 95.3 Å². The summed E-state index contributed by atoms with van der Waals surface area (Å²) in [6.45, 7) is 3.05. The van der Waals surface area contributed by atoms with Crippen LogP contribution < -0.4 is 10.6 Å². The van der Waals surface area contributed by atoms with E-state index in [0.717, 1.165) is 0 Å². The SMILES string of the molecule is BCC(=O)N(CCNC(=O)CN(CCNC)C(=O)CB)CC(C)=O. The minimum atomic E-state index is -0.278. The molecule has 134 valence electrons. The van der Waals surface area contributed by atoms with Gasteiger partial charge in [-0.05, 0) is 26.6 Å². The quantitative estimate of drug-likeness (QED) is 0.363. The lowest BCUT2D eigenvalue weighted by molar-refractivity contribution is -0.134. The normalized spacial score (nSPS) is 10.1.